The van der Waals surface area contributed by atoms with Gasteiger partial charge in [-0.25, -0.2) is 0 Å². The molecule has 0 saturated heterocycles. The van der Waals surface area contributed by atoms with E-state index in [1.165, 1.54) is 12.1 Å². The van der Waals surface area contributed by atoms with E-state index in [1.807, 2.05) is 13.8 Å². The van der Waals surface area contributed by atoms with Gasteiger partial charge in [0.05, 0.1) is 6.61 Å². The normalized spacial score (nSPS) is 14.9. The summed E-state index contributed by atoms with van der Waals surface area (Å²) in [6.45, 7) is 4.98. The summed E-state index contributed by atoms with van der Waals surface area (Å²) in [5.74, 6) is -0.265. The highest BCUT2D eigenvalue weighted by molar-refractivity contribution is 5.36. The molecule has 0 aliphatic rings. The fourth-order valence-corrected chi connectivity index (χ4v) is 1.91. The predicted molar refractivity (Wildman–Crippen MR) is 70.9 cm³/mol. The maximum atomic E-state index is 12.4. The number of halogens is 3. The lowest BCUT2D eigenvalue weighted by Crippen LogP contribution is -2.33. The molecular formula is C14H20F3NO2. The molecule has 1 rings (SSSR count). The van der Waals surface area contributed by atoms with Crippen LogP contribution >= 0.6 is 0 Å². The van der Waals surface area contributed by atoms with E-state index in [-0.39, 0.29) is 17.7 Å². The van der Waals surface area contributed by atoms with E-state index in [2.05, 4.69) is 10.1 Å². The first-order valence-corrected chi connectivity index (χ1v) is 6.42. The fourth-order valence-electron chi connectivity index (χ4n) is 1.91. The molecule has 20 heavy (non-hydrogen) atoms. The van der Waals surface area contributed by atoms with Gasteiger partial charge in [0.25, 0.3) is 0 Å². The maximum Gasteiger partial charge on any atom is 0.573 e. The van der Waals surface area contributed by atoms with E-state index in [0.717, 1.165) is 0 Å². The minimum atomic E-state index is -4.68. The van der Waals surface area contributed by atoms with Crippen molar-refractivity contribution >= 4 is 0 Å². The topological polar surface area (TPSA) is 30.5 Å². The molecule has 0 amide bonds. The van der Waals surface area contributed by atoms with Gasteiger partial charge in [-0.15, -0.1) is 13.2 Å². The Kier molecular flexibility index (Phi) is 6.29. The number of nitrogens with one attached hydrogen (secondary N) is 1. The van der Waals surface area contributed by atoms with Gasteiger partial charge in [0.1, 0.15) is 5.75 Å². The largest absolute Gasteiger partial charge is 0.573 e. The molecule has 0 aromatic heterocycles. The Morgan fingerprint density at radius 1 is 1.20 bits per heavy atom. The monoisotopic (exact) mass is 291 g/mol. The molecule has 0 spiro atoms. The van der Waals surface area contributed by atoms with Crippen LogP contribution < -0.4 is 10.1 Å². The van der Waals surface area contributed by atoms with E-state index in [0.29, 0.717) is 18.7 Å². The molecule has 2 atom stereocenters. The molecule has 0 fully saturated rings. The van der Waals surface area contributed by atoms with Gasteiger partial charge in [-0.05, 0) is 24.5 Å². The van der Waals surface area contributed by atoms with Crippen LogP contribution in [-0.2, 0) is 4.74 Å². The minimum Gasteiger partial charge on any atom is -0.405 e. The summed E-state index contributed by atoms with van der Waals surface area (Å²) >= 11 is 0. The summed E-state index contributed by atoms with van der Waals surface area (Å²) in [6.07, 6.45) is -4.68. The van der Waals surface area contributed by atoms with Crippen LogP contribution in [0.3, 0.4) is 0 Å². The molecule has 0 aliphatic carbocycles. The smallest absolute Gasteiger partial charge is 0.405 e. The minimum absolute atomic E-state index is 0.00290. The van der Waals surface area contributed by atoms with Crippen LogP contribution in [0.1, 0.15) is 25.3 Å². The zero-order valence-electron chi connectivity index (χ0n) is 11.8. The Balaban J connectivity index is 2.78. The second-order valence-electron chi connectivity index (χ2n) is 4.61. The third kappa shape index (κ3) is 5.38. The number of hydrogen-bond donors (Lipinski definition) is 1. The molecule has 6 heteroatoms. The lowest BCUT2D eigenvalue weighted by molar-refractivity contribution is -0.275. The van der Waals surface area contributed by atoms with Crippen LogP contribution in [0.15, 0.2) is 24.3 Å². The Hall–Kier alpha value is -1.27. The number of para-hydroxylation sites is 1. The third-order valence-corrected chi connectivity index (χ3v) is 3.16. The Bertz CT molecular complexity index is 410. The summed E-state index contributed by atoms with van der Waals surface area (Å²) in [5, 5.41) is 3.21. The van der Waals surface area contributed by atoms with E-state index < -0.39 is 6.36 Å². The van der Waals surface area contributed by atoms with Crippen molar-refractivity contribution in [2.24, 2.45) is 0 Å². The van der Waals surface area contributed by atoms with Crippen LogP contribution in [-0.4, -0.2) is 32.7 Å². The summed E-state index contributed by atoms with van der Waals surface area (Å²) < 4.78 is 46.1. The van der Waals surface area contributed by atoms with Gasteiger partial charge in [0.2, 0.25) is 0 Å². The molecule has 1 N–H and O–H groups in total. The van der Waals surface area contributed by atoms with Crippen molar-refractivity contribution in [3.05, 3.63) is 29.8 Å². The predicted octanol–water partition coefficient (Wildman–Crippen LogP) is 3.31. The van der Waals surface area contributed by atoms with E-state index in [1.54, 1.807) is 19.2 Å². The van der Waals surface area contributed by atoms with Crippen molar-refractivity contribution < 1.29 is 22.6 Å². The van der Waals surface area contributed by atoms with E-state index >= 15 is 0 Å². The molecule has 0 bridgehead atoms. The second-order valence-corrected chi connectivity index (χ2v) is 4.61. The van der Waals surface area contributed by atoms with Gasteiger partial charge in [-0.2, -0.15) is 0 Å². The van der Waals surface area contributed by atoms with Gasteiger partial charge < -0.3 is 14.8 Å². The first kappa shape index (κ1) is 16.8. The number of hydrogen-bond acceptors (Lipinski definition) is 3. The van der Waals surface area contributed by atoms with Gasteiger partial charge >= 0.3 is 6.36 Å². The second kappa shape index (κ2) is 7.50. The van der Waals surface area contributed by atoms with Crippen LogP contribution in [0.5, 0.6) is 5.75 Å². The zero-order chi connectivity index (χ0) is 15.2. The lowest BCUT2D eigenvalue weighted by Gasteiger charge is -2.24. The quantitative estimate of drug-likeness (QED) is 0.782. The van der Waals surface area contributed by atoms with Crippen molar-refractivity contribution in [1.29, 1.82) is 0 Å². The average molecular weight is 291 g/mol. The Labute approximate surface area is 117 Å². The molecule has 1 aromatic rings. The van der Waals surface area contributed by atoms with Crippen molar-refractivity contribution in [2.75, 3.05) is 20.3 Å². The standard InChI is InChI=1S/C14H20F3NO2/c1-10(11(2)18-8-9-19-3)12-6-4-5-7-13(12)20-14(15,16)17/h4-7,10-11,18H,8-9H2,1-3H3. The fraction of sp³-hybridized carbons (Fsp3) is 0.571. The third-order valence-electron chi connectivity index (χ3n) is 3.16. The molecule has 3 nitrogen and oxygen atoms in total. The number of alkyl halides is 3. The van der Waals surface area contributed by atoms with E-state index in [9.17, 15) is 13.2 Å². The summed E-state index contributed by atoms with van der Waals surface area (Å²) in [6, 6.07) is 6.22. The molecule has 114 valence electrons. The SMILES string of the molecule is COCCNC(C)C(C)c1ccccc1OC(F)(F)F. The van der Waals surface area contributed by atoms with Crippen LogP contribution in [0.4, 0.5) is 13.2 Å². The van der Waals surface area contributed by atoms with Crippen LogP contribution in [0.25, 0.3) is 0 Å². The molecule has 0 heterocycles. The van der Waals surface area contributed by atoms with Gasteiger partial charge in [-0.1, -0.05) is 25.1 Å². The molecule has 0 saturated carbocycles. The highest BCUT2D eigenvalue weighted by Gasteiger charge is 2.32. The lowest BCUT2D eigenvalue weighted by atomic mass is 9.93. The highest BCUT2D eigenvalue weighted by Crippen LogP contribution is 2.32. The van der Waals surface area contributed by atoms with Crippen molar-refractivity contribution in [3.63, 3.8) is 0 Å². The van der Waals surface area contributed by atoms with Crippen molar-refractivity contribution in [1.82, 2.24) is 5.32 Å². The molecule has 0 radical (unpaired) electrons. The first-order chi connectivity index (χ1) is 9.35. The molecule has 0 aliphatic heterocycles. The van der Waals surface area contributed by atoms with Gasteiger partial charge in [-0.3, -0.25) is 0 Å². The molecule has 2 unspecified atom stereocenters. The summed E-state index contributed by atoms with van der Waals surface area (Å²) in [5.41, 5.74) is 0.530. The Morgan fingerprint density at radius 3 is 2.45 bits per heavy atom. The van der Waals surface area contributed by atoms with E-state index in [4.69, 9.17) is 4.74 Å². The molecular weight excluding hydrogens is 271 g/mol. The number of rotatable bonds is 7. The first-order valence-electron chi connectivity index (χ1n) is 6.42. The maximum absolute atomic E-state index is 12.4. The van der Waals surface area contributed by atoms with Gasteiger partial charge in [0, 0.05) is 19.7 Å². The molecule has 1 aromatic carbocycles. The number of ether oxygens (including phenoxy) is 2. The number of methoxy groups -OCH3 is 1. The summed E-state index contributed by atoms with van der Waals surface area (Å²) in [4.78, 5) is 0. The van der Waals surface area contributed by atoms with Crippen LogP contribution in [0.2, 0.25) is 0 Å². The van der Waals surface area contributed by atoms with Crippen LogP contribution in [0, 0.1) is 0 Å². The number of benzene rings is 1. The summed E-state index contributed by atoms with van der Waals surface area (Å²) in [7, 11) is 1.60. The zero-order valence-corrected chi connectivity index (χ0v) is 11.8. The average Bonchev–Trinajstić information content (AvgIpc) is 2.37. The highest BCUT2D eigenvalue weighted by atomic mass is 19.4. The van der Waals surface area contributed by atoms with Crippen molar-refractivity contribution in [3.8, 4) is 5.75 Å². The van der Waals surface area contributed by atoms with Gasteiger partial charge in [0.15, 0.2) is 0 Å². The Morgan fingerprint density at radius 2 is 1.85 bits per heavy atom. The van der Waals surface area contributed by atoms with Crippen molar-refractivity contribution in [2.45, 2.75) is 32.2 Å².